The molecule has 0 aliphatic heterocycles. The number of carbonyl (C=O) groups excluding carboxylic acids is 3. The summed E-state index contributed by atoms with van der Waals surface area (Å²) in [4.78, 5) is 47.3. The Morgan fingerprint density at radius 3 is 2.59 bits per heavy atom. The second kappa shape index (κ2) is 10.9. The number of esters is 2. The molecule has 2 aromatic carbocycles. The van der Waals surface area contributed by atoms with Crippen LogP contribution in [0.5, 0.6) is 5.75 Å². The van der Waals surface area contributed by atoms with Gasteiger partial charge in [0.1, 0.15) is 16.6 Å². The van der Waals surface area contributed by atoms with Crippen LogP contribution in [0.3, 0.4) is 0 Å². The number of amides is 1. The zero-order valence-corrected chi connectivity index (χ0v) is 22.9. The fraction of sp³-hybridized carbons (Fsp3) is 0.310. The number of imidazole rings is 1. The Hall–Kier alpha value is -4.18. The van der Waals surface area contributed by atoms with Gasteiger partial charge in [0.25, 0.3) is 5.91 Å². The molecule has 4 aromatic rings. The summed E-state index contributed by atoms with van der Waals surface area (Å²) in [6.45, 7) is 3.66. The molecule has 1 aliphatic carbocycles. The summed E-state index contributed by atoms with van der Waals surface area (Å²) in [5, 5.41) is 3.22. The van der Waals surface area contributed by atoms with Gasteiger partial charge in [-0.1, -0.05) is 6.92 Å². The van der Waals surface area contributed by atoms with Crippen LogP contribution in [0.15, 0.2) is 42.5 Å². The summed E-state index contributed by atoms with van der Waals surface area (Å²) in [6.07, 6.45) is 1.49. The van der Waals surface area contributed by atoms with Crippen LogP contribution < -0.4 is 10.1 Å². The van der Waals surface area contributed by atoms with Crippen molar-refractivity contribution in [2.75, 3.05) is 19.5 Å². The molecule has 0 fully saturated rings. The standard InChI is InChI=1S/C29H29N3O6S/c1-15-5-11-20-23(13-15)39-27(24(20)29(35)37-4)32-26(33)16(2)38-28(34)18-8-12-21-22(14-18)31-25(30-21)17-6-9-19(36-3)10-7-17/h6-10,12,14-16H,5,11,13H2,1-4H3,(H,30,31)(H,32,33). The van der Waals surface area contributed by atoms with E-state index in [0.29, 0.717) is 33.3 Å². The first kappa shape index (κ1) is 26.4. The summed E-state index contributed by atoms with van der Waals surface area (Å²) in [6, 6.07) is 12.4. The van der Waals surface area contributed by atoms with Crippen molar-refractivity contribution in [3.8, 4) is 17.1 Å². The Balaban J connectivity index is 1.29. The average molecular weight is 548 g/mol. The van der Waals surface area contributed by atoms with Crippen LogP contribution in [0.2, 0.25) is 0 Å². The van der Waals surface area contributed by atoms with Gasteiger partial charge in [0.15, 0.2) is 6.10 Å². The van der Waals surface area contributed by atoms with Gasteiger partial charge in [0.05, 0.1) is 36.4 Å². The number of nitrogens with zero attached hydrogens (tertiary/aromatic N) is 1. The van der Waals surface area contributed by atoms with Gasteiger partial charge in [-0.25, -0.2) is 14.6 Å². The Kier molecular flexibility index (Phi) is 7.38. The highest BCUT2D eigenvalue weighted by Gasteiger charge is 2.30. The maximum absolute atomic E-state index is 13.0. The number of hydrogen-bond donors (Lipinski definition) is 2. The third-order valence-corrected chi connectivity index (χ3v) is 8.04. The van der Waals surface area contributed by atoms with Gasteiger partial charge in [0, 0.05) is 10.4 Å². The van der Waals surface area contributed by atoms with E-state index >= 15 is 0 Å². The van der Waals surface area contributed by atoms with Gasteiger partial charge >= 0.3 is 11.9 Å². The first-order valence-corrected chi connectivity index (χ1v) is 13.5. The minimum absolute atomic E-state index is 0.280. The molecule has 0 spiro atoms. The zero-order chi connectivity index (χ0) is 27.7. The van der Waals surface area contributed by atoms with E-state index in [1.807, 2.05) is 24.3 Å². The number of aromatic nitrogens is 2. The molecule has 0 bridgehead atoms. The van der Waals surface area contributed by atoms with E-state index < -0.39 is 23.9 Å². The zero-order valence-electron chi connectivity index (χ0n) is 22.1. The number of ether oxygens (including phenoxy) is 3. The van der Waals surface area contributed by atoms with Crippen molar-refractivity contribution in [2.45, 2.75) is 39.2 Å². The lowest BCUT2D eigenvalue weighted by molar-refractivity contribution is -0.123. The molecule has 1 amide bonds. The number of fused-ring (bicyclic) bond motifs is 2. The van der Waals surface area contributed by atoms with Crippen molar-refractivity contribution in [2.24, 2.45) is 5.92 Å². The monoisotopic (exact) mass is 547 g/mol. The van der Waals surface area contributed by atoms with E-state index in [1.54, 1.807) is 25.3 Å². The molecule has 202 valence electrons. The Labute approximate surface area is 229 Å². The number of hydrogen-bond acceptors (Lipinski definition) is 8. The second-order valence-electron chi connectivity index (χ2n) is 9.63. The molecular formula is C29H29N3O6S. The molecule has 0 saturated heterocycles. The third kappa shape index (κ3) is 5.37. The maximum Gasteiger partial charge on any atom is 0.341 e. The van der Waals surface area contributed by atoms with Crippen molar-refractivity contribution >= 4 is 45.2 Å². The van der Waals surface area contributed by atoms with Gasteiger partial charge in [-0.05, 0) is 80.1 Å². The molecule has 0 saturated carbocycles. The number of anilines is 1. The molecule has 2 N–H and O–H groups in total. The van der Waals surface area contributed by atoms with Crippen LogP contribution in [-0.2, 0) is 27.1 Å². The Morgan fingerprint density at radius 2 is 1.87 bits per heavy atom. The van der Waals surface area contributed by atoms with Gasteiger partial charge in [0.2, 0.25) is 0 Å². The number of methoxy groups -OCH3 is 2. The van der Waals surface area contributed by atoms with Crippen LogP contribution in [0.4, 0.5) is 5.00 Å². The number of aromatic amines is 1. The quantitative estimate of drug-likeness (QED) is 0.298. The van der Waals surface area contributed by atoms with Crippen LogP contribution in [0, 0.1) is 5.92 Å². The highest BCUT2D eigenvalue weighted by Crippen LogP contribution is 2.40. The summed E-state index contributed by atoms with van der Waals surface area (Å²) in [5.74, 6) is 0.249. The van der Waals surface area contributed by atoms with E-state index in [9.17, 15) is 14.4 Å². The van der Waals surface area contributed by atoms with Gasteiger partial charge in [-0.15, -0.1) is 11.3 Å². The Morgan fingerprint density at radius 1 is 1.10 bits per heavy atom. The largest absolute Gasteiger partial charge is 0.497 e. The molecule has 9 nitrogen and oxygen atoms in total. The van der Waals surface area contributed by atoms with Crippen molar-refractivity contribution in [1.82, 2.24) is 9.97 Å². The van der Waals surface area contributed by atoms with E-state index in [-0.39, 0.29) is 5.56 Å². The van der Waals surface area contributed by atoms with Crippen LogP contribution in [-0.4, -0.2) is 48.1 Å². The van der Waals surface area contributed by atoms with E-state index in [0.717, 1.165) is 41.0 Å². The van der Waals surface area contributed by atoms with Crippen molar-refractivity contribution in [1.29, 1.82) is 0 Å². The smallest absolute Gasteiger partial charge is 0.341 e. The number of carbonyl (C=O) groups is 3. The normalized spacial score (nSPS) is 15.3. The first-order valence-electron chi connectivity index (χ1n) is 12.7. The molecule has 2 atom stereocenters. The van der Waals surface area contributed by atoms with Gasteiger partial charge < -0.3 is 24.5 Å². The summed E-state index contributed by atoms with van der Waals surface area (Å²) in [5.41, 5.74) is 3.84. The molecule has 39 heavy (non-hydrogen) atoms. The number of nitrogens with one attached hydrogen (secondary N) is 2. The highest BCUT2D eigenvalue weighted by atomic mass is 32.1. The van der Waals surface area contributed by atoms with E-state index in [4.69, 9.17) is 14.2 Å². The lowest BCUT2D eigenvalue weighted by atomic mass is 9.88. The minimum Gasteiger partial charge on any atom is -0.497 e. The summed E-state index contributed by atoms with van der Waals surface area (Å²) in [7, 11) is 2.93. The van der Waals surface area contributed by atoms with Crippen molar-refractivity contribution in [3.05, 3.63) is 64.0 Å². The van der Waals surface area contributed by atoms with Gasteiger partial charge in [-0.2, -0.15) is 0 Å². The van der Waals surface area contributed by atoms with Gasteiger partial charge in [-0.3, -0.25) is 4.79 Å². The fourth-order valence-electron chi connectivity index (χ4n) is 4.67. The summed E-state index contributed by atoms with van der Waals surface area (Å²) < 4.78 is 15.7. The maximum atomic E-state index is 13.0. The fourth-order valence-corrected chi connectivity index (χ4v) is 6.08. The SMILES string of the molecule is COC(=O)c1c(NC(=O)C(C)OC(=O)c2ccc3nc(-c4ccc(OC)cc4)[nH]c3c2)sc2c1CCC(C)C2. The molecule has 2 aromatic heterocycles. The first-order chi connectivity index (χ1) is 18.8. The molecule has 5 rings (SSSR count). The molecule has 1 aliphatic rings. The number of H-pyrrole nitrogens is 1. The van der Waals surface area contributed by atoms with Crippen LogP contribution in [0.1, 0.15) is 51.4 Å². The molecule has 2 heterocycles. The topological polar surface area (TPSA) is 120 Å². The third-order valence-electron chi connectivity index (χ3n) is 6.87. The lowest BCUT2D eigenvalue weighted by Gasteiger charge is -2.18. The van der Waals surface area contributed by atoms with E-state index in [2.05, 4.69) is 22.2 Å². The molecule has 10 heteroatoms. The predicted molar refractivity (Wildman–Crippen MR) is 148 cm³/mol. The molecular weight excluding hydrogens is 518 g/mol. The number of thiophene rings is 1. The number of rotatable bonds is 7. The average Bonchev–Trinajstić information content (AvgIpc) is 3.52. The minimum atomic E-state index is -1.09. The van der Waals surface area contributed by atoms with Crippen LogP contribution >= 0.6 is 11.3 Å². The van der Waals surface area contributed by atoms with Crippen molar-refractivity contribution in [3.63, 3.8) is 0 Å². The Bertz CT molecular complexity index is 1560. The predicted octanol–water partition coefficient (Wildman–Crippen LogP) is 5.40. The molecule has 0 radical (unpaired) electrons. The van der Waals surface area contributed by atoms with E-state index in [1.165, 1.54) is 25.4 Å². The van der Waals surface area contributed by atoms with Crippen LogP contribution in [0.25, 0.3) is 22.4 Å². The summed E-state index contributed by atoms with van der Waals surface area (Å²) >= 11 is 1.38. The molecule has 2 unspecified atom stereocenters. The lowest BCUT2D eigenvalue weighted by Crippen LogP contribution is -2.30. The number of benzene rings is 2. The second-order valence-corrected chi connectivity index (χ2v) is 10.7. The van der Waals surface area contributed by atoms with Crippen molar-refractivity contribution < 1.29 is 28.6 Å². The highest BCUT2D eigenvalue weighted by molar-refractivity contribution is 7.17.